The van der Waals surface area contributed by atoms with Gasteiger partial charge in [0, 0.05) is 12.6 Å². The zero-order valence-corrected chi connectivity index (χ0v) is 14.0. The van der Waals surface area contributed by atoms with Crippen LogP contribution < -0.4 is 10.9 Å². The number of hydrogen-bond acceptors (Lipinski definition) is 3. The molecule has 0 amide bonds. The predicted molar refractivity (Wildman–Crippen MR) is 88.0 cm³/mol. The summed E-state index contributed by atoms with van der Waals surface area (Å²) < 4.78 is 1.56. The standard InChI is InChI=1S/C16H26ClN3O/c1-4-11(2)8-12(3)19-15-14(17)9-18-20(16(15)21)10-13-6-5-7-13/h9,11-13,19H,4-8,10H2,1-3H3. The van der Waals surface area contributed by atoms with Crippen LogP contribution in [0, 0.1) is 11.8 Å². The summed E-state index contributed by atoms with van der Waals surface area (Å²) >= 11 is 6.16. The number of aromatic nitrogens is 2. The van der Waals surface area contributed by atoms with E-state index < -0.39 is 0 Å². The Hall–Kier alpha value is -1.03. The lowest BCUT2D eigenvalue weighted by molar-refractivity contribution is 0.262. The molecule has 0 radical (unpaired) electrons. The third-order valence-corrected chi connectivity index (χ3v) is 4.78. The molecule has 1 aliphatic carbocycles. The molecule has 0 aromatic carbocycles. The van der Waals surface area contributed by atoms with E-state index in [1.165, 1.54) is 19.3 Å². The van der Waals surface area contributed by atoms with Gasteiger partial charge < -0.3 is 5.32 Å². The van der Waals surface area contributed by atoms with Crippen molar-refractivity contribution in [2.75, 3.05) is 5.32 Å². The summed E-state index contributed by atoms with van der Waals surface area (Å²) in [5.74, 6) is 1.23. The summed E-state index contributed by atoms with van der Waals surface area (Å²) in [5, 5.41) is 7.88. The van der Waals surface area contributed by atoms with Crippen molar-refractivity contribution in [2.24, 2.45) is 11.8 Å². The average Bonchev–Trinajstić information content (AvgIpc) is 2.40. The number of nitrogens with one attached hydrogen (secondary N) is 1. The molecule has 1 fully saturated rings. The van der Waals surface area contributed by atoms with Crippen molar-refractivity contribution in [3.8, 4) is 0 Å². The lowest BCUT2D eigenvalue weighted by Gasteiger charge is -2.26. The van der Waals surface area contributed by atoms with Gasteiger partial charge in [0.25, 0.3) is 5.56 Å². The maximum Gasteiger partial charge on any atom is 0.291 e. The van der Waals surface area contributed by atoms with Crippen molar-refractivity contribution in [3.05, 3.63) is 21.6 Å². The maximum absolute atomic E-state index is 12.5. The van der Waals surface area contributed by atoms with Gasteiger partial charge in [0.2, 0.25) is 0 Å². The van der Waals surface area contributed by atoms with Gasteiger partial charge in [-0.1, -0.05) is 38.3 Å². The summed E-state index contributed by atoms with van der Waals surface area (Å²) in [6.07, 6.45) is 7.41. The first-order valence-corrected chi connectivity index (χ1v) is 8.41. The van der Waals surface area contributed by atoms with Gasteiger partial charge in [0.15, 0.2) is 0 Å². The van der Waals surface area contributed by atoms with Crippen LogP contribution in [0.2, 0.25) is 5.02 Å². The van der Waals surface area contributed by atoms with Crippen LogP contribution in [-0.4, -0.2) is 15.8 Å². The van der Waals surface area contributed by atoms with E-state index in [-0.39, 0.29) is 11.6 Å². The van der Waals surface area contributed by atoms with Gasteiger partial charge in [-0.2, -0.15) is 5.10 Å². The van der Waals surface area contributed by atoms with Gasteiger partial charge in [-0.3, -0.25) is 4.79 Å². The molecule has 5 heteroatoms. The Labute approximate surface area is 131 Å². The molecular formula is C16H26ClN3O. The number of rotatable bonds is 7. The molecule has 4 nitrogen and oxygen atoms in total. The summed E-state index contributed by atoms with van der Waals surface area (Å²) in [4.78, 5) is 12.5. The van der Waals surface area contributed by atoms with Gasteiger partial charge in [0.1, 0.15) is 5.69 Å². The van der Waals surface area contributed by atoms with Gasteiger partial charge in [-0.05, 0) is 38.0 Å². The molecule has 1 saturated carbocycles. The molecule has 118 valence electrons. The minimum Gasteiger partial charge on any atom is -0.377 e. The average molecular weight is 312 g/mol. The summed E-state index contributed by atoms with van der Waals surface area (Å²) in [7, 11) is 0. The summed E-state index contributed by atoms with van der Waals surface area (Å²) in [5.41, 5.74) is 0.409. The molecule has 0 aliphatic heterocycles. The SMILES string of the molecule is CCC(C)CC(C)Nc1c(Cl)cnn(CC2CCC2)c1=O. The fraction of sp³-hybridized carbons (Fsp3) is 0.750. The van der Waals surface area contributed by atoms with Crippen molar-refractivity contribution in [3.63, 3.8) is 0 Å². The number of anilines is 1. The molecule has 1 aromatic rings. The Morgan fingerprint density at radius 3 is 2.76 bits per heavy atom. The lowest BCUT2D eigenvalue weighted by Crippen LogP contribution is -2.32. The van der Waals surface area contributed by atoms with E-state index in [9.17, 15) is 4.79 Å². The monoisotopic (exact) mass is 311 g/mol. The molecule has 2 unspecified atom stereocenters. The molecule has 0 saturated heterocycles. The highest BCUT2D eigenvalue weighted by Crippen LogP contribution is 2.27. The van der Waals surface area contributed by atoms with E-state index in [1.807, 2.05) is 0 Å². The zero-order chi connectivity index (χ0) is 15.4. The van der Waals surface area contributed by atoms with E-state index in [4.69, 9.17) is 11.6 Å². The Morgan fingerprint density at radius 1 is 1.48 bits per heavy atom. The van der Waals surface area contributed by atoms with Gasteiger partial charge in [-0.15, -0.1) is 0 Å². The van der Waals surface area contributed by atoms with Crippen LogP contribution in [0.3, 0.4) is 0 Å². The van der Waals surface area contributed by atoms with Crippen LogP contribution >= 0.6 is 11.6 Å². The first-order valence-electron chi connectivity index (χ1n) is 8.03. The Morgan fingerprint density at radius 2 is 2.19 bits per heavy atom. The molecule has 1 heterocycles. The van der Waals surface area contributed by atoms with Crippen molar-refractivity contribution >= 4 is 17.3 Å². The first kappa shape index (κ1) is 16.3. The van der Waals surface area contributed by atoms with E-state index >= 15 is 0 Å². The highest BCUT2D eigenvalue weighted by molar-refractivity contribution is 6.33. The lowest BCUT2D eigenvalue weighted by atomic mass is 9.85. The fourth-order valence-electron chi connectivity index (χ4n) is 2.72. The Balaban J connectivity index is 2.10. The highest BCUT2D eigenvalue weighted by Gasteiger charge is 2.20. The third kappa shape index (κ3) is 4.22. The summed E-state index contributed by atoms with van der Waals surface area (Å²) in [6.45, 7) is 7.21. The van der Waals surface area contributed by atoms with Crippen LogP contribution in [-0.2, 0) is 6.54 Å². The second-order valence-electron chi connectivity index (χ2n) is 6.45. The Bertz CT molecular complexity index is 525. The minimum atomic E-state index is -0.0922. The smallest absolute Gasteiger partial charge is 0.291 e. The molecule has 21 heavy (non-hydrogen) atoms. The second-order valence-corrected chi connectivity index (χ2v) is 6.85. The first-order chi connectivity index (χ1) is 10.0. The van der Waals surface area contributed by atoms with E-state index in [2.05, 4.69) is 31.2 Å². The van der Waals surface area contributed by atoms with Crippen molar-refractivity contribution in [1.29, 1.82) is 0 Å². The number of nitrogens with zero attached hydrogens (tertiary/aromatic N) is 2. The van der Waals surface area contributed by atoms with Crippen molar-refractivity contribution < 1.29 is 0 Å². The molecule has 2 rings (SSSR count). The fourth-order valence-corrected chi connectivity index (χ4v) is 2.90. The van der Waals surface area contributed by atoms with Gasteiger partial charge in [-0.25, -0.2) is 4.68 Å². The Kier molecular flexibility index (Phi) is 5.68. The number of hydrogen-bond donors (Lipinski definition) is 1. The van der Waals surface area contributed by atoms with Crippen LogP contribution in [0.25, 0.3) is 0 Å². The van der Waals surface area contributed by atoms with Crippen molar-refractivity contribution in [1.82, 2.24) is 9.78 Å². The van der Waals surface area contributed by atoms with Crippen LogP contribution in [0.1, 0.15) is 52.9 Å². The molecule has 0 bridgehead atoms. The van der Waals surface area contributed by atoms with Gasteiger partial charge >= 0.3 is 0 Å². The number of halogens is 1. The van der Waals surface area contributed by atoms with Crippen LogP contribution in [0.15, 0.2) is 11.0 Å². The van der Waals surface area contributed by atoms with Crippen LogP contribution in [0.5, 0.6) is 0 Å². The quantitative estimate of drug-likeness (QED) is 0.830. The normalized spacial score (nSPS) is 18.1. The molecule has 2 atom stereocenters. The van der Waals surface area contributed by atoms with E-state index in [0.717, 1.165) is 12.8 Å². The molecular weight excluding hydrogens is 286 g/mol. The highest BCUT2D eigenvalue weighted by atomic mass is 35.5. The van der Waals surface area contributed by atoms with Crippen LogP contribution in [0.4, 0.5) is 5.69 Å². The predicted octanol–water partition coefficient (Wildman–Crippen LogP) is 3.93. The maximum atomic E-state index is 12.5. The topological polar surface area (TPSA) is 46.9 Å². The van der Waals surface area contributed by atoms with E-state index in [1.54, 1.807) is 10.9 Å². The summed E-state index contributed by atoms with van der Waals surface area (Å²) in [6, 6.07) is 0.227. The third-order valence-electron chi connectivity index (χ3n) is 4.50. The largest absolute Gasteiger partial charge is 0.377 e. The van der Waals surface area contributed by atoms with Gasteiger partial charge in [0.05, 0.1) is 11.2 Å². The van der Waals surface area contributed by atoms with E-state index in [0.29, 0.717) is 29.1 Å². The molecule has 1 aromatic heterocycles. The minimum absolute atomic E-state index is 0.0922. The second kappa shape index (κ2) is 7.30. The van der Waals surface area contributed by atoms with Crippen molar-refractivity contribution in [2.45, 2.75) is 65.5 Å². The zero-order valence-electron chi connectivity index (χ0n) is 13.2. The molecule has 1 N–H and O–H groups in total. The molecule has 1 aliphatic rings. The molecule has 0 spiro atoms.